The third-order valence-electron chi connectivity index (χ3n) is 2.13. The third-order valence-corrected chi connectivity index (χ3v) is 2.93. The molecule has 3 heteroatoms. The van der Waals surface area contributed by atoms with E-state index in [0.29, 0.717) is 22.4 Å². The Bertz CT molecular complexity index is 112. The summed E-state index contributed by atoms with van der Waals surface area (Å²) in [4.78, 5) is 0. The first-order valence-corrected chi connectivity index (χ1v) is 4.95. The first kappa shape index (κ1) is 7.31. The molecule has 4 unspecified atom stereocenters. The van der Waals surface area contributed by atoms with Crippen LogP contribution in [-0.4, -0.2) is 22.4 Å². The number of fused-ring (bicyclic) bond motifs is 1. The number of alkyl halides is 1. The average molecular weight is 254 g/mol. The van der Waals surface area contributed by atoms with E-state index in [9.17, 15) is 0 Å². The summed E-state index contributed by atoms with van der Waals surface area (Å²) in [6.45, 7) is 2.11. The van der Waals surface area contributed by atoms with Crippen LogP contribution in [0.1, 0.15) is 19.8 Å². The van der Waals surface area contributed by atoms with Crippen molar-refractivity contribution in [1.82, 2.24) is 0 Å². The van der Waals surface area contributed by atoms with Crippen LogP contribution in [0.2, 0.25) is 0 Å². The molecule has 0 bridgehead atoms. The number of hydrogen-bond acceptors (Lipinski definition) is 2. The number of hydrogen-bond donors (Lipinski definition) is 0. The molecule has 0 spiro atoms. The highest BCUT2D eigenvalue weighted by Gasteiger charge is 2.41. The Balaban J connectivity index is 2.00. The maximum atomic E-state index is 5.63. The summed E-state index contributed by atoms with van der Waals surface area (Å²) in [5.41, 5.74) is 0. The minimum absolute atomic E-state index is 0.389. The van der Waals surface area contributed by atoms with Crippen molar-refractivity contribution in [3.63, 3.8) is 0 Å². The Labute approximate surface area is 74.4 Å². The molecule has 0 aromatic heterocycles. The second-order valence-corrected chi connectivity index (χ2v) is 4.43. The summed E-state index contributed by atoms with van der Waals surface area (Å²) in [6.07, 6.45) is 3.38. The van der Waals surface area contributed by atoms with Gasteiger partial charge in [0.2, 0.25) is 0 Å². The van der Waals surface area contributed by atoms with E-state index in [1.165, 1.54) is 0 Å². The van der Waals surface area contributed by atoms with Gasteiger partial charge in [0.15, 0.2) is 0 Å². The second-order valence-electron chi connectivity index (χ2n) is 3.04. The first-order valence-electron chi connectivity index (χ1n) is 3.70. The molecule has 0 N–H and O–H groups in total. The quantitative estimate of drug-likeness (QED) is 0.484. The molecule has 2 aliphatic rings. The van der Waals surface area contributed by atoms with Crippen molar-refractivity contribution in [2.24, 2.45) is 0 Å². The van der Waals surface area contributed by atoms with Crippen LogP contribution in [0.15, 0.2) is 0 Å². The van der Waals surface area contributed by atoms with E-state index in [-0.39, 0.29) is 0 Å². The van der Waals surface area contributed by atoms with Gasteiger partial charge in [-0.25, -0.2) is 0 Å². The van der Waals surface area contributed by atoms with Gasteiger partial charge >= 0.3 is 0 Å². The Morgan fingerprint density at radius 2 is 1.90 bits per heavy atom. The zero-order chi connectivity index (χ0) is 7.14. The summed E-state index contributed by atoms with van der Waals surface area (Å²) in [6, 6.07) is 0. The highest BCUT2D eigenvalue weighted by atomic mass is 127. The predicted molar refractivity (Wildman–Crippen MR) is 46.3 cm³/mol. The summed E-state index contributed by atoms with van der Waals surface area (Å²) >= 11 is 2.32. The van der Waals surface area contributed by atoms with E-state index < -0.39 is 0 Å². The van der Waals surface area contributed by atoms with Gasteiger partial charge in [-0.05, 0) is 6.92 Å². The highest BCUT2D eigenvalue weighted by Crippen LogP contribution is 2.35. The van der Waals surface area contributed by atoms with Crippen LogP contribution in [0.5, 0.6) is 0 Å². The van der Waals surface area contributed by atoms with Crippen molar-refractivity contribution < 1.29 is 9.47 Å². The van der Waals surface area contributed by atoms with Crippen molar-refractivity contribution in [2.75, 3.05) is 0 Å². The van der Waals surface area contributed by atoms with Gasteiger partial charge < -0.3 is 9.47 Å². The van der Waals surface area contributed by atoms with Crippen LogP contribution in [0.4, 0.5) is 0 Å². The molecule has 0 radical (unpaired) electrons. The van der Waals surface area contributed by atoms with E-state index in [2.05, 4.69) is 29.5 Å². The molecule has 2 nitrogen and oxygen atoms in total. The van der Waals surface area contributed by atoms with Crippen molar-refractivity contribution in [3.05, 3.63) is 0 Å². The number of ether oxygens (including phenoxy) is 2. The van der Waals surface area contributed by atoms with Crippen molar-refractivity contribution in [1.29, 1.82) is 0 Å². The van der Waals surface area contributed by atoms with Gasteiger partial charge in [0, 0.05) is 12.8 Å². The maximum Gasteiger partial charge on any atom is 0.111 e. The van der Waals surface area contributed by atoms with Crippen molar-refractivity contribution in [2.45, 2.75) is 42.2 Å². The lowest BCUT2D eigenvalue weighted by molar-refractivity contribution is 0.0462. The van der Waals surface area contributed by atoms with E-state index in [1.54, 1.807) is 0 Å². The minimum atomic E-state index is 0.389. The Morgan fingerprint density at radius 3 is 2.60 bits per heavy atom. The SMILES string of the molecule is CC1CC2OC(I)CC2O1. The molecule has 2 aliphatic heterocycles. The molecule has 2 saturated heterocycles. The van der Waals surface area contributed by atoms with Crippen LogP contribution < -0.4 is 0 Å². The lowest BCUT2D eigenvalue weighted by Gasteiger charge is -2.05. The van der Waals surface area contributed by atoms with Gasteiger partial charge in [0.1, 0.15) is 4.11 Å². The van der Waals surface area contributed by atoms with Crippen LogP contribution >= 0.6 is 22.6 Å². The number of halogens is 1. The van der Waals surface area contributed by atoms with E-state index in [1.807, 2.05) is 0 Å². The third kappa shape index (κ3) is 1.19. The fourth-order valence-corrected chi connectivity index (χ4v) is 2.58. The Kier molecular flexibility index (Phi) is 1.90. The lowest BCUT2D eigenvalue weighted by Crippen LogP contribution is -2.13. The van der Waals surface area contributed by atoms with Crippen LogP contribution in [-0.2, 0) is 9.47 Å². The molecule has 2 heterocycles. The monoisotopic (exact) mass is 254 g/mol. The fraction of sp³-hybridized carbons (Fsp3) is 1.00. The molecular weight excluding hydrogens is 243 g/mol. The van der Waals surface area contributed by atoms with Gasteiger partial charge in [-0.1, -0.05) is 22.6 Å². The standard InChI is InChI=1S/C7H11IO2/c1-4-2-5-6(9-4)3-7(8)10-5/h4-7H,2-3H2,1H3. The second kappa shape index (κ2) is 2.60. The summed E-state index contributed by atoms with van der Waals surface area (Å²) in [5.74, 6) is 0. The summed E-state index contributed by atoms with van der Waals surface area (Å²) < 4.78 is 11.6. The Hall–Kier alpha value is 0.650. The molecule has 0 aromatic carbocycles. The number of rotatable bonds is 0. The molecule has 4 atom stereocenters. The van der Waals surface area contributed by atoms with Gasteiger partial charge in [-0.15, -0.1) is 0 Å². The molecule has 0 aromatic rings. The molecule has 58 valence electrons. The van der Waals surface area contributed by atoms with Crippen LogP contribution in [0, 0.1) is 0 Å². The summed E-state index contributed by atoms with van der Waals surface area (Å²) in [5, 5.41) is 0. The van der Waals surface area contributed by atoms with Crippen molar-refractivity contribution >= 4 is 22.6 Å². The van der Waals surface area contributed by atoms with E-state index in [0.717, 1.165) is 12.8 Å². The first-order chi connectivity index (χ1) is 4.75. The molecule has 0 aliphatic carbocycles. The van der Waals surface area contributed by atoms with E-state index >= 15 is 0 Å². The zero-order valence-electron chi connectivity index (χ0n) is 5.92. The van der Waals surface area contributed by atoms with Gasteiger partial charge in [0.05, 0.1) is 18.3 Å². The Morgan fingerprint density at radius 1 is 1.20 bits per heavy atom. The molecule has 0 saturated carbocycles. The smallest absolute Gasteiger partial charge is 0.111 e. The van der Waals surface area contributed by atoms with Crippen LogP contribution in [0.3, 0.4) is 0 Å². The highest BCUT2D eigenvalue weighted by molar-refractivity contribution is 14.1. The average Bonchev–Trinajstić information content (AvgIpc) is 2.21. The van der Waals surface area contributed by atoms with Crippen LogP contribution in [0.25, 0.3) is 0 Å². The van der Waals surface area contributed by atoms with Gasteiger partial charge in [-0.2, -0.15) is 0 Å². The maximum absolute atomic E-state index is 5.63. The van der Waals surface area contributed by atoms with E-state index in [4.69, 9.17) is 9.47 Å². The fourth-order valence-electron chi connectivity index (χ4n) is 1.70. The lowest BCUT2D eigenvalue weighted by atomic mass is 10.1. The molecule has 2 rings (SSSR count). The molecular formula is C7H11IO2. The van der Waals surface area contributed by atoms with Gasteiger partial charge in [0.25, 0.3) is 0 Å². The zero-order valence-corrected chi connectivity index (χ0v) is 8.08. The summed E-state index contributed by atoms with van der Waals surface area (Å²) in [7, 11) is 0. The molecule has 2 fully saturated rings. The van der Waals surface area contributed by atoms with Gasteiger partial charge in [-0.3, -0.25) is 0 Å². The van der Waals surface area contributed by atoms with Crippen molar-refractivity contribution in [3.8, 4) is 0 Å². The molecule has 10 heavy (non-hydrogen) atoms. The topological polar surface area (TPSA) is 18.5 Å². The minimum Gasteiger partial charge on any atom is -0.372 e. The molecule has 0 amide bonds. The predicted octanol–water partition coefficient (Wildman–Crippen LogP) is 1.71. The normalized spacial score (nSPS) is 53.4. The largest absolute Gasteiger partial charge is 0.372 e.